The van der Waals surface area contributed by atoms with E-state index in [0.29, 0.717) is 30.3 Å². The second-order valence-electron chi connectivity index (χ2n) is 10.8. The third kappa shape index (κ3) is 6.97. The normalized spacial score (nSPS) is 11.6. The number of rotatable bonds is 11. The zero-order valence-electron chi connectivity index (χ0n) is 24.9. The van der Waals surface area contributed by atoms with E-state index in [2.05, 4.69) is 11.4 Å². The van der Waals surface area contributed by atoms with Crippen LogP contribution in [0.15, 0.2) is 133 Å². The Balaban J connectivity index is 1.28. The van der Waals surface area contributed by atoms with Crippen LogP contribution in [-0.4, -0.2) is 25.0 Å². The van der Waals surface area contributed by atoms with Crippen LogP contribution in [0.5, 0.6) is 11.5 Å². The molecule has 6 heteroatoms. The molecule has 6 rings (SSSR count). The number of amides is 1. The molecule has 1 N–H and O–H groups in total. The van der Waals surface area contributed by atoms with Crippen molar-refractivity contribution in [2.75, 3.05) is 7.11 Å². The monoisotopic (exact) mass is 595 g/mol. The highest BCUT2D eigenvalue weighted by Gasteiger charge is 2.25. The van der Waals surface area contributed by atoms with E-state index in [1.165, 1.54) is 7.11 Å². The standard InChI is InChI=1S/C39H33NO5/c1-43-39(42)34(40-38(41)37-32-18-10-8-16-30(32)24-31-17-9-11-19-33(31)37)22-29-20-21-35(44-25-27-12-4-2-5-13-27)36(23-29)45-26-28-14-6-3-7-15-28/h2-21,23-24,34H,22,25-26H2,1H3,(H,40,41)/t34-/m1/s1. The van der Waals surface area contributed by atoms with Crippen LogP contribution in [-0.2, 0) is 29.2 Å². The van der Waals surface area contributed by atoms with Crippen molar-refractivity contribution in [3.05, 3.63) is 156 Å². The summed E-state index contributed by atoms with van der Waals surface area (Å²) in [5.41, 5.74) is 3.35. The van der Waals surface area contributed by atoms with Crippen molar-refractivity contribution in [3.63, 3.8) is 0 Å². The summed E-state index contributed by atoms with van der Waals surface area (Å²) in [6.07, 6.45) is 0.196. The summed E-state index contributed by atoms with van der Waals surface area (Å²) >= 11 is 0. The van der Waals surface area contributed by atoms with Crippen LogP contribution in [0.4, 0.5) is 0 Å². The molecule has 0 bridgehead atoms. The van der Waals surface area contributed by atoms with E-state index >= 15 is 0 Å². The predicted octanol–water partition coefficient (Wildman–Crippen LogP) is 7.67. The molecule has 6 aromatic rings. The van der Waals surface area contributed by atoms with Gasteiger partial charge in [-0.15, -0.1) is 0 Å². The van der Waals surface area contributed by atoms with Gasteiger partial charge in [0.15, 0.2) is 11.5 Å². The van der Waals surface area contributed by atoms with Crippen LogP contribution in [0, 0.1) is 0 Å². The maximum atomic E-state index is 13.9. The fourth-order valence-corrected chi connectivity index (χ4v) is 5.44. The highest BCUT2D eigenvalue weighted by Crippen LogP contribution is 2.32. The zero-order valence-corrected chi connectivity index (χ0v) is 24.9. The molecule has 0 saturated carbocycles. The van der Waals surface area contributed by atoms with Gasteiger partial charge in [0.2, 0.25) is 0 Å². The van der Waals surface area contributed by atoms with Gasteiger partial charge < -0.3 is 19.5 Å². The Labute approximate surface area is 262 Å². The van der Waals surface area contributed by atoms with Crippen LogP contribution in [0.2, 0.25) is 0 Å². The van der Waals surface area contributed by atoms with Gasteiger partial charge in [0.25, 0.3) is 5.91 Å². The Hall–Kier alpha value is -5.62. The average molecular weight is 596 g/mol. The summed E-state index contributed by atoms with van der Waals surface area (Å²) < 4.78 is 17.5. The van der Waals surface area contributed by atoms with Crippen molar-refractivity contribution < 1.29 is 23.8 Å². The molecule has 1 atom stereocenters. The molecule has 0 spiro atoms. The Morgan fingerprint density at radius 3 is 1.71 bits per heavy atom. The van der Waals surface area contributed by atoms with Gasteiger partial charge in [-0.3, -0.25) is 4.79 Å². The number of methoxy groups -OCH3 is 1. The van der Waals surface area contributed by atoms with Gasteiger partial charge in [-0.05, 0) is 56.4 Å². The molecular formula is C39H33NO5. The molecule has 0 aliphatic heterocycles. The number of fused-ring (bicyclic) bond motifs is 2. The molecule has 0 saturated heterocycles. The second kappa shape index (κ2) is 13.8. The van der Waals surface area contributed by atoms with Crippen molar-refractivity contribution in [1.82, 2.24) is 5.32 Å². The zero-order chi connectivity index (χ0) is 31.0. The van der Waals surface area contributed by atoms with Crippen LogP contribution in [0.25, 0.3) is 21.5 Å². The Morgan fingerprint density at radius 1 is 0.600 bits per heavy atom. The number of carbonyl (C=O) groups is 2. The third-order valence-corrected chi connectivity index (χ3v) is 7.71. The largest absolute Gasteiger partial charge is 0.485 e. The summed E-state index contributed by atoms with van der Waals surface area (Å²) in [5.74, 6) is 0.243. The van der Waals surface area contributed by atoms with Crippen molar-refractivity contribution in [2.24, 2.45) is 0 Å². The minimum atomic E-state index is -0.932. The SMILES string of the molecule is COC(=O)[C@@H](Cc1ccc(OCc2ccccc2)c(OCc2ccccc2)c1)NC(=O)c1c2ccccc2cc2ccccc12. The van der Waals surface area contributed by atoms with Gasteiger partial charge in [-0.2, -0.15) is 0 Å². The first-order valence-electron chi connectivity index (χ1n) is 14.8. The fourth-order valence-electron chi connectivity index (χ4n) is 5.44. The Morgan fingerprint density at radius 2 is 1.13 bits per heavy atom. The number of hydrogen-bond acceptors (Lipinski definition) is 5. The quantitative estimate of drug-likeness (QED) is 0.123. The molecule has 0 unspecified atom stereocenters. The first-order valence-corrected chi connectivity index (χ1v) is 14.8. The summed E-state index contributed by atoms with van der Waals surface area (Å²) in [5, 5.41) is 6.49. The second-order valence-corrected chi connectivity index (χ2v) is 10.8. The fraction of sp³-hybridized carbons (Fsp3) is 0.128. The lowest BCUT2D eigenvalue weighted by molar-refractivity contribution is -0.142. The number of esters is 1. The van der Waals surface area contributed by atoms with Gasteiger partial charge in [0.1, 0.15) is 19.3 Å². The molecular weight excluding hydrogens is 562 g/mol. The van der Waals surface area contributed by atoms with E-state index in [4.69, 9.17) is 14.2 Å². The molecule has 1 amide bonds. The average Bonchev–Trinajstić information content (AvgIpc) is 3.09. The first-order chi connectivity index (χ1) is 22.1. The lowest BCUT2D eigenvalue weighted by Crippen LogP contribution is -2.43. The van der Waals surface area contributed by atoms with Crippen molar-refractivity contribution in [1.29, 1.82) is 0 Å². The number of carbonyl (C=O) groups excluding carboxylic acids is 2. The molecule has 0 fully saturated rings. The predicted molar refractivity (Wildman–Crippen MR) is 176 cm³/mol. The minimum absolute atomic E-state index is 0.196. The van der Waals surface area contributed by atoms with Crippen LogP contribution >= 0.6 is 0 Å². The smallest absolute Gasteiger partial charge is 0.328 e. The molecule has 6 aromatic carbocycles. The van der Waals surface area contributed by atoms with E-state index < -0.39 is 12.0 Å². The molecule has 0 radical (unpaired) electrons. The summed E-state index contributed by atoms with van der Waals surface area (Å²) in [6, 6.07) is 42.0. The summed E-state index contributed by atoms with van der Waals surface area (Å²) in [4.78, 5) is 27.0. The lowest BCUT2D eigenvalue weighted by atomic mass is 9.95. The van der Waals surface area contributed by atoms with Crippen LogP contribution in [0.3, 0.4) is 0 Å². The van der Waals surface area contributed by atoms with Gasteiger partial charge in [0.05, 0.1) is 12.7 Å². The Bertz CT molecular complexity index is 1880. The molecule has 0 aromatic heterocycles. The summed E-state index contributed by atoms with van der Waals surface area (Å²) in [7, 11) is 1.32. The highest BCUT2D eigenvalue weighted by atomic mass is 16.5. The van der Waals surface area contributed by atoms with E-state index in [9.17, 15) is 9.59 Å². The van der Waals surface area contributed by atoms with Crippen molar-refractivity contribution in [2.45, 2.75) is 25.7 Å². The molecule has 6 nitrogen and oxygen atoms in total. The molecule has 0 aliphatic rings. The van der Waals surface area contributed by atoms with Gasteiger partial charge in [-0.1, -0.05) is 115 Å². The number of benzene rings is 6. The van der Waals surface area contributed by atoms with Gasteiger partial charge in [-0.25, -0.2) is 4.79 Å². The molecule has 224 valence electrons. The maximum Gasteiger partial charge on any atom is 0.328 e. The van der Waals surface area contributed by atoms with E-state index in [0.717, 1.165) is 38.2 Å². The van der Waals surface area contributed by atoms with Crippen LogP contribution < -0.4 is 14.8 Å². The lowest BCUT2D eigenvalue weighted by Gasteiger charge is -2.20. The number of ether oxygens (including phenoxy) is 3. The van der Waals surface area contributed by atoms with E-state index in [1.807, 2.05) is 127 Å². The maximum absolute atomic E-state index is 13.9. The Kier molecular flexibility index (Phi) is 9.02. The molecule has 0 heterocycles. The van der Waals surface area contributed by atoms with Crippen molar-refractivity contribution >= 4 is 33.4 Å². The number of hydrogen-bond donors (Lipinski definition) is 1. The third-order valence-electron chi connectivity index (χ3n) is 7.71. The van der Waals surface area contributed by atoms with Gasteiger partial charge >= 0.3 is 5.97 Å². The first kappa shape index (κ1) is 29.5. The molecule has 45 heavy (non-hydrogen) atoms. The topological polar surface area (TPSA) is 73.9 Å². The summed E-state index contributed by atoms with van der Waals surface area (Å²) in [6.45, 7) is 0.721. The van der Waals surface area contributed by atoms with E-state index in [-0.39, 0.29) is 12.3 Å². The number of nitrogens with one attached hydrogen (secondary N) is 1. The van der Waals surface area contributed by atoms with Crippen LogP contribution in [0.1, 0.15) is 27.0 Å². The highest BCUT2D eigenvalue weighted by molar-refractivity contribution is 6.18. The minimum Gasteiger partial charge on any atom is -0.485 e. The van der Waals surface area contributed by atoms with E-state index in [1.54, 1.807) is 0 Å². The van der Waals surface area contributed by atoms with Crippen molar-refractivity contribution in [3.8, 4) is 11.5 Å². The molecule has 0 aliphatic carbocycles. The van der Waals surface area contributed by atoms with Gasteiger partial charge in [0, 0.05) is 6.42 Å².